The number of amides is 1. The quantitative estimate of drug-likeness (QED) is 0.814. The van der Waals surface area contributed by atoms with Gasteiger partial charge in [0.05, 0.1) is 6.04 Å². The van der Waals surface area contributed by atoms with Gasteiger partial charge < -0.3 is 10.6 Å². The van der Waals surface area contributed by atoms with Gasteiger partial charge >= 0.3 is 0 Å². The van der Waals surface area contributed by atoms with E-state index in [1.54, 1.807) is 0 Å². The van der Waals surface area contributed by atoms with Gasteiger partial charge in [0.2, 0.25) is 5.91 Å². The Morgan fingerprint density at radius 3 is 2.64 bits per heavy atom. The zero-order valence-electron chi connectivity index (χ0n) is 15.3. The Labute approximate surface area is 158 Å². The lowest BCUT2D eigenvalue weighted by atomic mass is 9.97. The molecule has 1 aromatic rings. The maximum atomic E-state index is 12.1. The third-order valence-corrected chi connectivity index (χ3v) is 5.38. The van der Waals surface area contributed by atoms with Crippen molar-refractivity contribution in [2.24, 2.45) is 5.92 Å². The number of benzene rings is 1. The molecular weight excluding hydrogens is 334 g/mol. The Bertz CT molecular complexity index is 528. The van der Waals surface area contributed by atoms with E-state index in [1.165, 1.54) is 30.5 Å². The number of hydrogen-bond acceptors (Lipinski definition) is 3. The molecule has 2 heterocycles. The van der Waals surface area contributed by atoms with Crippen molar-refractivity contribution in [3.8, 4) is 0 Å². The van der Waals surface area contributed by atoms with E-state index in [9.17, 15) is 4.79 Å². The Morgan fingerprint density at radius 1 is 1.20 bits per heavy atom. The first-order valence-corrected chi connectivity index (χ1v) is 9.56. The van der Waals surface area contributed by atoms with Crippen LogP contribution in [0.3, 0.4) is 0 Å². The first kappa shape index (κ1) is 20.2. The molecule has 3 rings (SSSR count). The lowest BCUT2D eigenvalue weighted by Gasteiger charge is -2.33. The SMILES string of the molecule is CCc1ccc(CN2CCCC(CNC(=O)C3CCCN3)C2)cc1.Cl. The van der Waals surface area contributed by atoms with Crippen LogP contribution in [0.1, 0.15) is 43.7 Å². The van der Waals surface area contributed by atoms with Crippen molar-refractivity contribution in [3.05, 3.63) is 35.4 Å². The van der Waals surface area contributed by atoms with Crippen molar-refractivity contribution in [2.75, 3.05) is 26.2 Å². The number of halogens is 1. The predicted molar refractivity (Wildman–Crippen MR) is 105 cm³/mol. The number of likely N-dealkylation sites (tertiary alicyclic amines) is 1. The Kier molecular flexibility index (Phi) is 8.20. The van der Waals surface area contributed by atoms with E-state index in [1.807, 2.05) is 0 Å². The summed E-state index contributed by atoms with van der Waals surface area (Å²) in [6.07, 6.45) is 5.66. The highest BCUT2D eigenvalue weighted by Crippen LogP contribution is 2.18. The van der Waals surface area contributed by atoms with Crippen molar-refractivity contribution >= 4 is 18.3 Å². The summed E-state index contributed by atoms with van der Waals surface area (Å²) in [4.78, 5) is 14.7. The zero-order chi connectivity index (χ0) is 16.8. The van der Waals surface area contributed by atoms with Crippen LogP contribution in [0.15, 0.2) is 24.3 Å². The van der Waals surface area contributed by atoms with Gasteiger partial charge in [-0.05, 0) is 62.2 Å². The highest BCUT2D eigenvalue weighted by Gasteiger charge is 2.24. The molecule has 140 valence electrons. The van der Waals surface area contributed by atoms with Crippen LogP contribution in [0.4, 0.5) is 0 Å². The van der Waals surface area contributed by atoms with E-state index in [0.717, 1.165) is 45.4 Å². The van der Waals surface area contributed by atoms with Crippen LogP contribution in [0.2, 0.25) is 0 Å². The molecule has 4 nitrogen and oxygen atoms in total. The van der Waals surface area contributed by atoms with Gasteiger partial charge in [0, 0.05) is 19.6 Å². The molecule has 5 heteroatoms. The molecule has 2 fully saturated rings. The van der Waals surface area contributed by atoms with Crippen molar-refractivity contribution in [2.45, 2.75) is 51.6 Å². The van der Waals surface area contributed by atoms with Gasteiger partial charge in [-0.15, -0.1) is 12.4 Å². The molecule has 25 heavy (non-hydrogen) atoms. The molecule has 1 amide bonds. The van der Waals surface area contributed by atoms with E-state index in [2.05, 4.69) is 46.7 Å². The molecule has 0 radical (unpaired) electrons. The van der Waals surface area contributed by atoms with Gasteiger partial charge in [-0.3, -0.25) is 9.69 Å². The van der Waals surface area contributed by atoms with E-state index >= 15 is 0 Å². The normalized spacial score (nSPS) is 23.9. The van der Waals surface area contributed by atoms with Crippen LogP contribution in [0, 0.1) is 5.92 Å². The molecule has 0 bridgehead atoms. The van der Waals surface area contributed by atoms with Gasteiger partial charge in [-0.1, -0.05) is 31.2 Å². The van der Waals surface area contributed by atoms with Gasteiger partial charge in [-0.2, -0.15) is 0 Å². The molecular formula is C20H32ClN3O. The highest BCUT2D eigenvalue weighted by atomic mass is 35.5. The average Bonchev–Trinajstić information content (AvgIpc) is 3.15. The highest BCUT2D eigenvalue weighted by molar-refractivity contribution is 5.85. The summed E-state index contributed by atoms with van der Waals surface area (Å²) in [6.45, 7) is 7.28. The number of rotatable bonds is 6. The fraction of sp³-hybridized carbons (Fsp3) is 0.650. The number of aryl methyl sites for hydroxylation is 1. The summed E-state index contributed by atoms with van der Waals surface area (Å²) in [7, 11) is 0. The topological polar surface area (TPSA) is 44.4 Å². The van der Waals surface area contributed by atoms with Crippen LogP contribution in [-0.4, -0.2) is 43.0 Å². The van der Waals surface area contributed by atoms with Gasteiger partial charge in [0.1, 0.15) is 0 Å². The first-order chi connectivity index (χ1) is 11.7. The number of carbonyl (C=O) groups is 1. The smallest absolute Gasteiger partial charge is 0.237 e. The maximum Gasteiger partial charge on any atom is 0.237 e. The Morgan fingerprint density at radius 2 is 1.96 bits per heavy atom. The Hall–Kier alpha value is -1.10. The van der Waals surface area contributed by atoms with Crippen LogP contribution >= 0.6 is 12.4 Å². The molecule has 1 aromatic carbocycles. The first-order valence-electron chi connectivity index (χ1n) is 9.56. The molecule has 0 spiro atoms. The minimum Gasteiger partial charge on any atom is -0.354 e. The van der Waals surface area contributed by atoms with Gasteiger partial charge in [0.15, 0.2) is 0 Å². The third-order valence-electron chi connectivity index (χ3n) is 5.38. The average molecular weight is 366 g/mol. The second kappa shape index (κ2) is 10.1. The van der Waals surface area contributed by atoms with E-state index in [-0.39, 0.29) is 24.4 Å². The molecule has 2 unspecified atom stereocenters. The van der Waals surface area contributed by atoms with Crippen LogP contribution in [0.5, 0.6) is 0 Å². The predicted octanol–water partition coefficient (Wildman–Crippen LogP) is 2.75. The maximum absolute atomic E-state index is 12.1. The summed E-state index contributed by atoms with van der Waals surface area (Å²) >= 11 is 0. The molecule has 0 saturated carbocycles. The summed E-state index contributed by atoms with van der Waals surface area (Å²) in [5.41, 5.74) is 2.80. The summed E-state index contributed by atoms with van der Waals surface area (Å²) in [5, 5.41) is 6.44. The molecule has 2 aliphatic rings. The second-order valence-corrected chi connectivity index (χ2v) is 7.31. The fourth-order valence-corrected chi connectivity index (χ4v) is 3.88. The van der Waals surface area contributed by atoms with Gasteiger partial charge in [-0.25, -0.2) is 0 Å². The minimum atomic E-state index is 0. The largest absolute Gasteiger partial charge is 0.354 e. The minimum absolute atomic E-state index is 0. The van der Waals surface area contributed by atoms with E-state index < -0.39 is 0 Å². The number of carbonyl (C=O) groups excluding carboxylic acids is 1. The molecule has 2 aliphatic heterocycles. The van der Waals surface area contributed by atoms with Crippen LogP contribution in [0.25, 0.3) is 0 Å². The molecule has 2 N–H and O–H groups in total. The lowest BCUT2D eigenvalue weighted by Crippen LogP contribution is -2.45. The third kappa shape index (κ3) is 5.98. The monoisotopic (exact) mass is 365 g/mol. The van der Waals surface area contributed by atoms with Crippen molar-refractivity contribution in [1.82, 2.24) is 15.5 Å². The summed E-state index contributed by atoms with van der Waals surface area (Å²) in [6, 6.07) is 9.05. The van der Waals surface area contributed by atoms with E-state index in [0.29, 0.717) is 5.92 Å². The number of hydrogen-bond donors (Lipinski definition) is 2. The zero-order valence-corrected chi connectivity index (χ0v) is 16.1. The molecule has 2 saturated heterocycles. The van der Waals surface area contributed by atoms with Crippen molar-refractivity contribution in [3.63, 3.8) is 0 Å². The van der Waals surface area contributed by atoms with E-state index in [4.69, 9.17) is 0 Å². The number of piperidine rings is 1. The fourth-order valence-electron chi connectivity index (χ4n) is 3.88. The molecule has 0 aromatic heterocycles. The molecule has 0 aliphatic carbocycles. The number of nitrogens with zero attached hydrogens (tertiary/aromatic N) is 1. The lowest BCUT2D eigenvalue weighted by molar-refractivity contribution is -0.123. The standard InChI is InChI=1S/C20H31N3O.ClH/c1-2-16-7-9-17(10-8-16)14-23-12-4-5-18(15-23)13-22-20(24)19-6-3-11-21-19;/h7-10,18-19,21H,2-6,11-15H2,1H3,(H,22,24);1H. The van der Waals surface area contributed by atoms with Crippen LogP contribution < -0.4 is 10.6 Å². The Balaban J connectivity index is 0.00000225. The van der Waals surface area contributed by atoms with Crippen LogP contribution in [-0.2, 0) is 17.8 Å². The number of nitrogens with one attached hydrogen (secondary N) is 2. The summed E-state index contributed by atoms with van der Waals surface area (Å²) < 4.78 is 0. The second-order valence-electron chi connectivity index (χ2n) is 7.31. The van der Waals surface area contributed by atoms with Gasteiger partial charge in [0.25, 0.3) is 0 Å². The molecule has 2 atom stereocenters. The van der Waals surface area contributed by atoms with Crippen molar-refractivity contribution in [1.29, 1.82) is 0 Å². The summed E-state index contributed by atoms with van der Waals surface area (Å²) in [5.74, 6) is 0.777. The van der Waals surface area contributed by atoms with Crippen molar-refractivity contribution < 1.29 is 4.79 Å².